The van der Waals surface area contributed by atoms with E-state index in [1.807, 2.05) is 19.9 Å². The van der Waals surface area contributed by atoms with Crippen LogP contribution >= 0.6 is 43.5 Å². The third kappa shape index (κ3) is 6.26. The van der Waals surface area contributed by atoms with Gasteiger partial charge in [-0.15, -0.1) is 0 Å². The van der Waals surface area contributed by atoms with Crippen LogP contribution < -0.4 is 15.6 Å². The Morgan fingerprint density at radius 3 is 2.68 bits per heavy atom. The zero-order valence-electron chi connectivity index (χ0n) is 19.6. The van der Waals surface area contributed by atoms with Crippen LogP contribution in [-0.4, -0.2) is 28.4 Å². The highest BCUT2D eigenvalue weighted by atomic mass is 79.9. The summed E-state index contributed by atoms with van der Waals surface area (Å²) in [6, 6.07) is 14.4. The van der Waals surface area contributed by atoms with Crippen molar-refractivity contribution in [2.45, 2.75) is 19.8 Å². The highest BCUT2D eigenvalue weighted by Crippen LogP contribution is 2.34. The number of hydrogen-bond acceptors (Lipinski definition) is 5. The first-order chi connectivity index (χ1) is 17.6. The van der Waals surface area contributed by atoms with E-state index in [1.54, 1.807) is 30.3 Å². The van der Waals surface area contributed by atoms with Crippen molar-refractivity contribution < 1.29 is 13.9 Å². The number of benzene rings is 3. The molecule has 0 spiro atoms. The average Bonchev–Trinajstić information content (AvgIpc) is 2.84. The molecule has 1 heterocycles. The summed E-state index contributed by atoms with van der Waals surface area (Å²) in [4.78, 5) is 30.0. The van der Waals surface area contributed by atoms with Gasteiger partial charge in [-0.25, -0.2) is 9.37 Å². The molecule has 3 aromatic carbocycles. The average molecular weight is 651 g/mol. The molecule has 0 saturated heterocycles. The van der Waals surface area contributed by atoms with Gasteiger partial charge in [-0.3, -0.25) is 9.59 Å². The number of amides is 1. The van der Waals surface area contributed by atoms with Crippen LogP contribution in [0, 0.1) is 5.82 Å². The normalized spacial score (nSPS) is 11.4. The molecular formula is C26H20Br2ClFN4O3. The third-order valence-corrected chi connectivity index (χ3v) is 6.55. The van der Waals surface area contributed by atoms with Crippen LogP contribution in [0.3, 0.4) is 0 Å². The molecule has 1 N–H and O–H groups in total. The van der Waals surface area contributed by atoms with Crippen LogP contribution in [0.2, 0.25) is 5.02 Å². The number of rotatable bonds is 7. The van der Waals surface area contributed by atoms with E-state index in [0.717, 1.165) is 4.47 Å². The molecule has 0 aliphatic heterocycles. The van der Waals surface area contributed by atoms with Crippen molar-refractivity contribution in [3.05, 3.63) is 96.1 Å². The Labute approximate surface area is 233 Å². The fourth-order valence-corrected chi connectivity index (χ4v) is 4.80. The van der Waals surface area contributed by atoms with Gasteiger partial charge in [-0.05, 0) is 64.0 Å². The summed E-state index contributed by atoms with van der Waals surface area (Å²) in [6.07, 6.45) is 1.49. The summed E-state index contributed by atoms with van der Waals surface area (Å²) in [7, 11) is 0. The van der Waals surface area contributed by atoms with Crippen molar-refractivity contribution in [1.82, 2.24) is 9.66 Å². The van der Waals surface area contributed by atoms with Crippen LogP contribution in [0.1, 0.15) is 31.2 Å². The highest BCUT2D eigenvalue weighted by Gasteiger charge is 2.15. The fourth-order valence-electron chi connectivity index (χ4n) is 3.45. The quantitative estimate of drug-likeness (QED) is 0.225. The molecule has 0 bridgehead atoms. The summed E-state index contributed by atoms with van der Waals surface area (Å²) in [5.41, 5.74) is 0.933. The first kappa shape index (κ1) is 27.0. The molecule has 11 heteroatoms. The van der Waals surface area contributed by atoms with Crippen LogP contribution in [0.5, 0.6) is 5.75 Å². The molecule has 0 unspecified atom stereocenters. The summed E-state index contributed by atoms with van der Waals surface area (Å²) in [5, 5.41) is 7.50. The molecule has 0 fully saturated rings. The molecule has 7 nitrogen and oxygen atoms in total. The lowest BCUT2D eigenvalue weighted by atomic mass is 10.2. The maximum atomic E-state index is 13.7. The molecule has 4 rings (SSSR count). The van der Waals surface area contributed by atoms with E-state index in [1.165, 1.54) is 29.1 Å². The number of ether oxygens (including phenoxy) is 1. The van der Waals surface area contributed by atoms with Gasteiger partial charge in [0, 0.05) is 10.4 Å². The first-order valence-electron chi connectivity index (χ1n) is 11.1. The Kier molecular flexibility index (Phi) is 8.41. The lowest BCUT2D eigenvalue weighted by Crippen LogP contribution is -2.23. The molecular weight excluding hydrogens is 631 g/mol. The minimum atomic E-state index is -0.548. The lowest BCUT2D eigenvalue weighted by Gasteiger charge is -2.13. The standard InChI is InChI=1S/C26H20Br2ClFN4O3/c1-14(2)25-33-21-8-7-16(27)11-17(21)26(36)34(25)31-12-15-9-18(28)24(19(29)10-15)37-13-23(35)32-22-6-4-3-5-20(22)30/h3-12,14H,13H2,1-2H3,(H,32,35). The second kappa shape index (κ2) is 11.5. The third-order valence-electron chi connectivity index (χ3n) is 5.19. The van der Waals surface area contributed by atoms with Gasteiger partial charge < -0.3 is 10.1 Å². The van der Waals surface area contributed by atoms with Gasteiger partial charge in [-0.2, -0.15) is 9.78 Å². The summed E-state index contributed by atoms with van der Waals surface area (Å²) in [5.74, 6) is -0.399. The first-order valence-corrected chi connectivity index (χ1v) is 13.0. The van der Waals surface area contributed by atoms with Crippen LogP contribution in [0.15, 0.2) is 73.4 Å². The van der Waals surface area contributed by atoms with E-state index < -0.39 is 11.7 Å². The Balaban J connectivity index is 1.56. The molecule has 37 heavy (non-hydrogen) atoms. The number of fused-ring (bicyclic) bond motifs is 1. The number of aromatic nitrogens is 2. The van der Waals surface area contributed by atoms with E-state index >= 15 is 0 Å². The number of nitrogens with zero attached hydrogens (tertiary/aromatic N) is 3. The van der Waals surface area contributed by atoms with Crippen molar-refractivity contribution in [3.63, 3.8) is 0 Å². The van der Waals surface area contributed by atoms with Crippen molar-refractivity contribution >= 4 is 72.2 Å². The molecule has 1 amide bonds. The number of halogens is 4. The Morgan fingerprint density at radius 1 is 1.22 bits per heavy atom. The van der Waals surface area contributed by atoms with Gasteiger partial charge in [-0.1, -0.05) is 53.5 Å². The maximum absolute atomic E-state index is 13.7. The van der Waals surface area contributed by atoms with Gasteiger partial charge in [0.15, 0.2) is 12.4 Å². The lowest BCUT2D eigenvalue weighted by molar-refractivity contribution is -0.118. The zero-order valence-corrected chi connectivity index (χ0v) is 23.6. The van der Waals surface area contributed by atoms with Crippen LogP contribution in [0.4, 0.5) is 10.1 Å². The van der Waals surface area contributed by atoms with E-state index in [4.69, 9.17) is 16.3 Å². The topological polar surface area (TPSA) is 85.6 Å². The Morgan fingerprint density at radius 2 is 1.97 bits per heavy atom. The van der Waals surface area contributed by atoms with Gasteiger partial charge in [0.1, 0.15) is 11.6 Å². The minimum Gasteiger partial charge on any atom is -0.481 e. The number of para-hydroxylation sites is 1. The zero-order chi connectivity index (χ0) is 26.7. The number of nitrogens with one attached hydrogen (secondary N) is 1. The predicted molar refractivity (Wildman–Crippen MR) is 150 cm³/mol. The monoisotopic (exact) mass is 648 g/mol. The van der Waals surface area contributed by atoms with Gasteiger partial charge >= 0.3 is 0 Å². The second-order valence-corrected chi connectivity index (χ2v) is 10.5. The minimum absolute atomic E-state index is 0.0550. The van der Waals surface area contributed by atoms with Crippen molar-refractivity contribution in [2.75, 3.05) is 11.9 Å². The maximum Gasteiger partial charge on any atom is 0.282 e. The molecule has 4 aromatic rings. The molecule has 1 aromatic heterocycles. The highest BCUT2D eigenvalue weighted by molar-refractivity contribution is 9.10. The number of carbonyl (C=O) groups is 1. The summed E-state index contributed by atoms with van der Waals surface area (Å²) in [6.45, 7) is 3.48. The van der Waals surface area contributed by atoms with E-state index in [0.29, 0.717) is 26.8 Å². The number of hydrogen-bond donors (Lipinski definition) is 1. The molecule has 0 radical (unpaired) electrons. The fraction of sp³-hybridized carbons (Fsp3) is 0.154. The SMILES string of the molecule is CC(C)c1nc2ccc(Br)cc2c(=O)n1N=Cc1cc(Cl)c(OCC(=O)Nc2ccccc2F)c(Br)c1. The molecule has 0 atom stereocenters. The molecule has 0 aliphatic carbocycles. The van der Waals surface area contributed by atoms with Crippen molar-refractivity contribution in [2.24, 2.45) is 5.10 Å². The van der Waals surface area contributed by atoms with Crippen molar-refractivity contribution in [1.29, 1.82) is 0 Å². The van der Waals surface area contributed by atoms with E-state index in [2.05, 4.69) is 47.3 Å². The number of anilines is 1. The smallest absolute Gasteiger partial charge is 0.282 e. The van der Waals surface area contributed by atoms with Crippen LogP contribution in [0.25, 0.3) is 10.9 Å². The van der Waals surface area contributed by atoms with E-state index in [-0.39, 0.29) is 34.5 Å². The van der Waals surface area contributed by atoms with Crippen molar-refractivity contribution in [3.8, 4) is 5.75 Å². The molecule has 0 saturated carbocycles. The molecule has 190 valence electrons. The van der Waals surface area contributed by atoms with Gasteiger partial charge in [0.05, 0.1) is 32.3 Å². The summed E-state index contributed by atoms with van der Waals surface area (Å²) >= 11 is 13.2. The second-order valence-electron chi connectivity index (χ2n) is 8.28. The number of carbonyl (C=O) groups excluding carboxylic acids is 1. The Bertz CT molecular complexity index is 1570. The van der Waals surface area contributed by atoms with Crippen LogP contribution in [-0.2, 0) is 4.79 Å². The Hall–Kier alpha value is -3.08. The van der Waals surface area contributed by atoms with Gasteiger partial charge in [0.2, 0.25) is 0 Å². The molecule has 0 aliphatic rings. The van der Waals surface area contributed by atoms with Gasteiger partial charge in [0.25, 0.3) is 11.5 Å². The summed E-state index contributed by atoms with van der Waals surface area (Å²) < 4.78 is 21.8. The predicted octanol–water partition coefficient (Wildman–Crippen LogP) is 6.74. The largest absolute Gasteiger partial charge is 0.481 e. The van der Waals surface area contributed by atoms with E-state index in [9.17, 15) is 14.0 Å².